The van der Waals surface area contributed by atoms with Crippen LogP contribution >= 0.6 is 0 Å². The molecule has 26 heavy (non-hydrogen) atoms. The highest BCUT2D eigenvalue weighted by Gasteiger charge is 2.20. The number of hydrogen-bond acceptors (Lipinski definition) is 4. The van der Waals surface area contributed by atoms with Crippen LogP contribution in [-0.2, 0) is 0 Å². The monoisotopic (exact) mass is 345 g/mol. The first-order chi connectivity index (χ1) is 12.6. The molecule has 0 radical (unpaired) electrons. The standard InChI is InChI=1S/C21H19N3O2/c1-13-8-9-22-20(10-13)24-21(14-6-7-18(25)19(26)11-14)16-12-23-17-5-3-2-4-15(16)17/h2-12,21,23,25-26H,1H3,(H,22,24). The summed E-state index contributed by atoms with van der Waals surface area (Å²) in [4.78, 5) is 7.69. The summed E-state index contributed by atoms with van der Waals surface area (Å²) in [5.41, 5.74) is 4.01. The van der Waals surface area contributed by atoms with Gasteiger partial charge in [0, 0.05) is 28.9 Å². The average Bonchev–Trinajstić information content (AvgIpc) is 3.06. The molecule has 0 aliphatic heterocycles. The molecule has 0 spiro atoms. The predicted molar refractivity (Wildman–Crippen MR) is 103 cm³/mol. The lowest BCUT2D eigenvalue weighted by molar-refractivity contribution is 0.403. The van der Waals surface area contributed by atoms with Crippen molar-refractivity contribution < 1.29 is 10.2 Å². The molecule has 4 rings (SSSR count). The van der Waals surface area contributed by atoms with Crippen LogP contribution in [0.5, 0.6) is 11.5 Å². The second-order valence-corrected chi connectivity index (χ2v) is 6.33. The summed E-state index contributed by atoms with van der Waals surface area (Å²) < 4.78 is 0. The van der Waals surface area contributed by atoms with Crippen molar-refractivity contribution in [3.63, 3.8) is 0 Å². The van der Waals surface area contributed by atoms with Crippen molar-refractivity contribution in [3.8, 4) is 11.5 Å². The van der Waals surface area contributed by atoms with Gasteiger partial charge in [0.15, 0.2) is 11.5 Å². The molecule has 0 saturated heterocycles. The minimum Gasteiger partial charge on any atom is -0.504 e. The third-order valence-corrected chi connectivity index (χ3v) is 4.47. The largest absolute Gasteiger partial charge is 0.504 e. The Hall–Kier alpha value is -3.47. The first-order valence-electron chi connectivity index (χ1n) is 8.39. The van der Waals surface area contributed by atoms with E-state index in [1.54, 1.807) is 18.3 Å². The van der Waals surface area contributed by atoms with Gasteiger partial charge >= 0.3 is 0 Å². The lowest BCUT2D eigenvalue weighted by Crippen LogP contribution is -2.13. The van der Waals surface area contributed by atoms with Gasteiger partial charge < -0.3 is 20.5 Å². The molecule has 4 N–H and O–H groups in total. The highest BCUT2D eigenvalue weighted by atomic mass is 16.3. The Morgan fingerprint density at radius 1 is 1.00 bits per heavy atom. The van der Waals surface area contributed by atoms with Gasteiger partial charge in [-0.05, 0) is 48.4 Å². The van der Waals surface area contributed by atoms with Crippen molar-refractivity contribution in [3.05, 3.63) is 83.7 Å². The molecule has 130 valence electrons. The highest BCUT2D eigenvalue weighted by Crippen LogP contribution is 2.35. The number of phenols is 2. The second-order valence-electron chi connectivity index (χ2n) is 6.33. The van der Waals surface area contributed by atoms with Crippen molar-refractivity contribution in [2.24, 2.45) is 0 Å². The smallest absolute Gasteiger partial charge is 0.157 e. The molecule has 4 aromatic rings. The number of aromatic amines is 1. The molecule has 2 aromatic carbocycles. The Morgan fingerprint density at radius 3 is 2.65 bits per heavy atom. The summed E-state index contributed by atoms with van der Waals surface area (Å²) in [7, 11) is 0. The summed E-state index contributed by atoms with van der Waals surface area (Å²) in [5, 5.41) is 24.2. The summed E-state index contributed by atoms with van der Waals surface area (Å²) in [6, 6.07) is 16.6. The van der Waals surface area contributed by atoms with E-state index >= 15 is 0 Å². The molecule has 2 aromatic heterocycles. The number of aromatic hydroxyl groups is 2. The number of benzene rings is 2. The third kappa shape index (κ3) is 2.95. The Morgan fingerprint density at radius 2 is 1.85 bits per heavy atom. The molecular formula is C21H19N3O2. The SMILES string of the molecule is Cc1ccnc(NC(c2ccc(O)c(O)c2)c2c[nH]c3ccccc23)c1. The van der Waals surface area contributed by atoms with Gasteiger partial charge in [0.2, 0.25) is 0 Å². The molecule has 0 amide bonds. The maximum absolute atomic E-state index is 9.97. The van der Waals surface area contributed by atoms with Crippen molar-refractivity contribution in [1.82, 2.24) is 9.97 Å². The second kappa shape index (κ2) is 6.44. The third-order valence-electron chi connectivity index (χ3n) is 4.47. The minimum absolute atomic E-state index is 0.139. The molecule has 2 heterocycles. The van der Waals surface area contributed by atoms with Crippen molar-refractivity contribution in [2.45, 2.75) is 13.0 Å². The molecule has 5 nitrogen and oxygen atoms in total. The Labute approximate surface area is 151 Å². The normalized spacial score (nSPS) is 12.2. The van der Waals surface area contributed by atoms with Gasteiger partial charge in [-0.2, -0.15) is 0 Å². The fourth-order valence-electron chi connectivity index (χ4n) is 3.16. The predicted octanol–water partition coefficient (Wildman–Crippen LogP) is 4.48. The van der Waals surface area contributed by atoms with Gasteiger partial charge in [0.05, 0.1) is 6.04 Å². The van der Waals surface area contributed by atoms with Crippen LogP contribution < -0.4 is 5.32 Å². The fourth-order valence-corrected chi connectivity index (χ4v) is 3.16. The van der Waals surface area contributed by atoms with Crippen LogP contribution in [0.3, 0.4) is 0 Å². The Bertz CT molecular complexity index is 1070. The van der Waals surface area contributed by atoms with E-state index in [2.05, 4.69) is 21.4 Å². The fraction of sp³-hybridized carbons (Fsp3) is 0.0952. The molecular weight excluding hydrogens is 326 g/mol. The zero-order chi connectivity index (χ0) is 18.1. The molecule has 0 fully saturated rings. The van der Waals surface area contributed by atoms with Crippen LogP contribution in [0.2, 0.25) is 0 Å². The summed E-state index contributed by atoms with van der Waals surface area (Å²) in [6.45, 7) is 2.01. The zero-order valence-electron chi connectivity index (χ0n) is 14.3. The topological polar surface area (TPSA) is 81.2 Å². The number of phenolic OH excluding ortho intramolecular Hbond substituents is 2. The number of aromatic nitrogens is 2. The number of nitrogens with zero attached hydrogens (tertiary/aromatic N) is 1. The summed E-state index contributed by atoms with van der Waals surface area (Å²) >= 11 is 0. The van der Waals surface area contributed by atoms with E-state index in [0.29, 0.717) is 0 Å². The number of aryl methyl sites for hydroxylation is 1. The number of H-pyrrole nitrogens is 1. The minimum atomic E-state index is -0.244. The summed E-state index contributed by atoms with van der Waals surface area (Å²) in [5.74, 6) is 0.458. The van der Waals surface area contributed by atoms with Crippen LogP contribution in [0.25, 0.3) is 10.9 Å². The molecule has 1 atom stereocenters. The number of pyridine rings is 1. The molecule has 0 aliphatic rings. The van der Waals surface area contributed by atoms with Crippen molar-refractivity contribution in [1.29, 1.82) is 0 Å². The lowest BCUT2D eigenvalue weighted by atomic mass is 9.97. The maximum Gasteiger partial charge on any atom is 0.157 e. The van der Waals surface area contributed by atoms with E-state index in [0.717, 1.165) is 33.4 Å². The molecule has 1 unspecified atom stereocenters. The van der Waals surface area contributed by atoms with Crippen LogP contribution in [0, 0.1) is 6.92 Å². The van der Waals surface area contributed by atoms with Gasteiger partial charge in [0.25, 0.3) is 0 Å². The van der Waals surface area contributed by atoms with Crippen LogP contribution in [-0.4, -0.2) is 20.2 Å². The van der Waals surface area contributed by atoms with E-state index in [9.17, 15) is 10.2 Å². The lowest BCUT2D eigenvalue weighted by Gasteiger charge is -2.20. The van der Waals surface area contributed by atoms with Gasteiger partial charge in [-0.1, -0.05) is 24.3 Å². The maximum atomic E-state index is 9.97. The van der Waals surface area contributed by atoms with Crippen LogP contribution in [0.1, 0.15) is 22.7 Å². The average molecular weight is 345 g/mol. The zero-order valence-corrected chi connectivity index (χ0v) is 14.3. The number of para-hydroxylation sites is 1. The van der Waals surface area contributed by atoms with Gasteiger partial charge in [-0.25, -0.2) is 4.98 Å². The molecule has 0 saturated carbocycles. The van der Waals surface area contributed by atoms with Crippen LogP contribution in [0.15, 0.2) is 67.0 Å². The Kier molecular flexibility index (Phi) is 3.97. The first kappa shape index (κ1) is 16.0. The molecule has 0 bridgehead atoms. The van der Waals surface area contributed by atoms with Gasteiger partial charge in [0.1, 0.15) is 5.82 Å². The number of fused-ring (bicyclic) bond motifs is 1. The quantitative estimate of drug-likeness (QED) is 0.411. The van der Waals surface area contributed by atoms with E-state index < -0.39 is 0 Å². The number of rotatable bonds is 4. The van der Waals surface area contributed by atoms with E-state index in [1.165, 1.54) is 6.07 Å². The number of anilines is 1. The van der Waals surface area contributed by atoms with Crippen molar-refractivity contribution in [2.75, 3.05) is 5.32 Å². The van der Waals surface area contributed by atoms with Gasteiger partial charge in [-0.3, -0.25) is 0 Å². The van der Waals surface area contributed by atoms with Crippen molar-refractivity contribution >= 4 is 16.7 Å². The highest BCUT2D eigenvalue weighted by molar-refractivity contribution is 5.84. The molecule has 0 aliphatic carbocycles. The number of hydrogen-bond donors (Lipinski definition) is 4. The van der Waals surface area contributed by atoms with E-state index in [1.807, 2.05) is 43.5 Å². The van der Waals surface area contributed by atoms with E-state index in [-0.39, 0.29) is 17.5 Å². The molecule has 5 heteroatoms. The Balaban J connectivity index is 1.84. The summed E-state index contributed by atoms with van der Waals surface area (Å²) in [6.07, 6.45) is 3.72. The number of nitrogens with one attached hydrogen (secondary N) is 2. The van der Waals surface area contributed by atoms with Crippen LogP contribution in [0.4, 0.5) is 5.82 Å². The first-order valence-corrected chi connectivity index (χ1v) is 8.39. The van der Waals surface area contributed by atoms with E-state index in [4.69, 9.17) is 0 Å². The van der Waals surface area contributed by atoms with Gasteiger partial charge in [-0.15, -0.1) is 0 Å².